The number of nitrogens with zero attached hydrogens (tertiary/aromatic N) is 2. The first-order valence-electron chi connectivity index (χ1n) is 11.7. The minimum atomic E-state index is 0.600. The highest BCUT2D eigenvalue weighted by molar-refractivity contribution is 6.09. The summed E-state index contributed by atoms with van der Waals surface area (Å²) in [7, 11) is 0. The van der Waals surface area contributed by atoms with Crippen molar-refractivity contribution in [1.29, 1.82) is 0 Å². The van der Waals surface area contributed by atoms with Crippen molar-refractivity contribution in [2.75, 3.05) is 26.3 Å². The molecule has 0 saturated heterocycles. The second-order valence-electron chi connectivity index (χ2n) is 8.24. The first kappa shape index (κ1) is 20.8. The molecular weight excluding hydrogens is 396 g/mol. The lowest BCUT2D eigenvalue weighted by Gasteiger charge is -2.30. The lowest BCUT2D eigenvalue weighted by atomic mass is 9.89. The van der Waals surface area contributed by atoms with E-state index in [1.807, 2.05) is 19.9 Å². The molecule has 32 heavy (non-hydrogen) atoms. The van der Waals surface area contributed by atoms with Gasteiger partial charge >= 0.3 is 0 Å². The van der Waals surface area contributed by atoms with E-state index in [1.165, 1.54) is 27.3 Å². The van der Waals surface area contributed by atoms with Gasteiger partial charge < -0.3 is 9.47 Å². The van der Waals surface area contributed by atoms with Crippen LogP contribution >= 0.6 is 0 Å². The molecular formula is C28H30N2O2. The summed E-state index contributed by atoms with van der Waals surface area (Å²) in [6.07, 6.45) is 1.04. The maximum absolute atomic E-state index is 5.92. The SMILES string of the molecule is CCOc1ccc(-c2nc3ccc4ccccc4c3c3c2CN(CC)CC3)cc1OCC. The van der Waals surface area contributed by atoms with Crippen LogP contribution in [0.15, 0.2) is 54.6 Å². The summed E-state index contributed by atoms with van der Waals surface area (Å²) < 4.78 is 11.7. The molecule has 0 spiro atoms. The molecule has 0 amide bonds. The molecule has 0 atom stereocenters. The average molecular weight is 427 g/mol. The summed E-state index contributed by atoms with van der Waals surface area (Å²) in [5.41, 5.74) is 5.99. The highest BCUT2D eigenvalue weighted by atomic mass is 16.5. The molecule has 0 unspecified atom stereocenters. The molecule has 4 nitrogen and oxygen atoms in total. The summed E-state index contributed by atoms with van der Waals surface area (Å²) in [5.74, 6) is 1.57. The Labute approximate surface area is 189 Å². The average Bonchev–Trinajstić information content (AvgIpc) is 2.84. The lowest BCUT2D eigenvalue weighted by molar-refractivity contribution is 0.269. The fourth-order valence-electron chi connectivity index (χ4n) is 4.88. The van der Waals surface area contributed by atoms with E-state index >= 15 is 0 Å². The Bertz CT molecular complexity index is 1280. The van der Waals surface area contributed by atoms with Crippen molar-refractivity contribution >= 4 is 21.7 Å². The molecule has 4 heteroatoms. The number of likely N-dealkylation sites (N-methyl/N-ethyl adjacent to an activating group) is 1. The van der Waals surface area contributed by atoms with Gasteiger partial charge in [0, 0.05) is 24.0 Å². The van der Waals surface area contributed by atoms with E-state index in [9.17, 15) is 0 Å². The molecule has 0 fully saturated rings. The zero-order valence-corrected chi connectivity index (χ0v) is 19.1. The van der Waals surface area contributed by atoms with E-state index in [1.54, 1.807) is 0 Å². The van der Waals surface area contributed by atoms with Crippen LogP contribution in [-0.2, 0) is 13.0 Å². The van der Waals surface area contributed by atoms with Crippen molar-refractivity contribution in [3.05, 3.63) is 65.7 Å². The largest absolute Gasteiger partial charge is 0.490 e. The molecule has 4 aromatic rings. The minimum absolute atomic E-state index is 0.600. The van der Waals surface area contributed by atoms with Gasteiger partial charge in [-0.05, 0) is 73.0 Å². The van der Waals surface area contributed by atoms with Crippen molar-refractivity contribution in [2.24, 2.45) is 0 Å². The Balaban J connectivity index is 1.77. The van der Waals surface area contributed by atoms with E-state index in [0.29, 0.717) is 13.2 Å². The Hall–Kier alpha value is -3.11. The summed E-state index contributed by atoms with van der Waals surface area (Å²) in [6, 6.07) is 19.2. The molecule has 164 valence electrons. The molecule has 0 saturated carbocycles. The Morgan fingerprint density at radius 1 is 0.875 bits per heavy atom. The number of ether oxygens (including phenoxy) is 2. The number of aromatic nitrogens is 1. The maximum atomic E-state index is 5.92. The second kappa shape index (κ2) is 8.79. The van der Waals surface area contributed by atoms with Crippen molar-refractivity contribution in [3.8, 4) is 22.8 Å². The standard InChI is InChI=1S/C28H30N2O2/c1-4-30-16-15-22-23(18-30)28(20-12-14-25(31-5-2)26(17-20)32-6-3)29-24-13-11-19-9-7-8-10-21(19)27(22)24/h7-14,17H,4-6,15-16,18H2,1-3H3. The smallest absolute Gasteiger partial charge is 0.161 e. The highest BCUT2D eigenvalue weighted by Crippen LogP contribution is 2.39. The van der Waals surface area contributed by atoms with E-state index in [2.05, 4.69) is 60.4 Å². The van der Waals surface area contributed by atoms with Crippen LogP contribution in [0.2, 0.25) is 0 Å². The van der Waals surface area contributed by atoms with E-state index in [-0.39, 0.29) is 0 Å². The van der Waals surface area contributed by atoms with Gasteiger partial charge in [-0.25, -0.2) is 4.98 Å². The monoisotopic (exact) mass is 426 g/mol. The van der Waals surface area contributed by atoms with Crippen LogP contribution in [0.1, 0.15) is 31.9 Å². The Kier molecular flexibility index (Phi) is 5.71. The van der Waals surface area contributed by atoms with Crippen LogP contribution in [0.5, 0.6) is 11.5 Å². The van der Waals surface area contributed by atoms with Gasteiger partial charge in [0.05, 0.1) is 24.4 Å². The van der Waals surface area contributed by atoms with Gasteiger partial charge in [-0.3, -0.25) is 4.90 Å². The predicted octanol–water partition coefficient (Wildman–Crippen LogP) is 6.23. The van der Waals surface area contributed by atoms with E-state index in [0.717, 1.165) is 54.3 Å². The van der Waals surface area contributed by atoms with Gasteiger partial charge in [0.2, 0.25) is 0 Å². The van der Waals surface area contributed by atoms with Gasteiger partial charge in [-0.2, -0.15) is 0 Å². The Morgan fingerprint density at radius 3 is 2.50 bits per heavy atom. The van der Waals surface area contributed by atoms with E-state index < -0.39 is 0 Å². The number of hydrogen-bond donors (Lipinski definition) is 0. The topological polar surface area (TPSA) is 34.6 Å². The van der Waals surface area contributed by atoms with E-state index in [4.69, 9.17) is 14.5 Å². The van der Waals surface area contributed by atoms with Gasteiger partial charge in [-0.1, -0.05) is 37.3 Å². The second-order valence-corrected chi connectivity index (χ2v) is 8.24. The fourth-order valence-corrected chi connectivity index (χ4v) is 4.88. The molecule has 3 aromatic carbocycles. The molecule has 2 heterocycles. The summed E-state index contributed by atoms with van der Waals surface area (Å²) in [6.45, 7) is 10.5. The van der Waals surface area contributed by atoms with Crippen molar-refractivity contribution in [2.45, 2.75) is 33.7 Å². The van der Waals surface area contributed by atoms with Crippen LogP contribution in [0, 0.1) is 0 Å². The van der Waals surface area contributed by atoms with Crippen molar-refractivity contribution in [1.82, 2.24) is 9.88 Å². The quantitative estimate of drug-likeness (QED) is 0.342. The van der Waals surface area contributed by atoms with Crippen molar-refractivity contribution in [3.63, 3.8) is 0 Å². The number of fused-ring (bicyclic) bond motifs is 5. The first-order chi connectivity index (χ1) is 15.7. The van der Waals surface area contributed by atoms with Gasteiger partial charge in [0.1, 0.15) is 0 Å². The van der Waals surface area contributed by atoms with Crippen LogP contribution in [0.3, 0.4) is 0 Å². The number of pyridine rings is 1. The number of benzene rings is 3. The van der Waals surface area contributed by atoms with Crippen LogP contribution in [0.4, 0.5) is 0 Å². The number of rotatable bonds is 6. The van der Waals surface area contributed by atoms with Gasteiger partial charge in [-0.15, -0.1) is 0 Å². The zero-order valence-electron chi connectivity index (χ0n) is 19.1. The highest BCUT2D eigenvalue weighted by Gasteiger charge is 2.24. The molecule has 0 N–H and O–H groups in total. The third-order valence-electron chi connectivity index (χ3n) is 6.41. The molecule has 0 radical (unpaired) electrons. The van der Waals surface area contributed by atoms with Gasteiger partial charge in [0.15, 0.2) is 11.5 Å². The summed E-state index contributed by atoms with van der Waals surface area (Å²) in [4.78, 5) is 7.73. The third kappa shape index (κ3) is 3.59. The third-order valence-corrected chi connectivity index (χ3v) is 6.41. The molecule has 5 rings (SSSR count). The minimum Gasteiger partial charge on any atom is -0.490 e. The fraction of sp³-hybridized carbons (Fsp3) is 0.321. The number of hydrogen-bond acceptors (Lipinski definition) is 4. The van der Waals surface area contributed by atoms with Crippen molar-refractivity contribution < 1.29 is 9.47 Å². The molecule has 0 bridgehead atoms. The van der Waals surface area contributed by atoms with Crippen LogP contribution in [-0.4, -0.2) is 36.2 Å². The normalized spacial score (nSPS) is 14.0. The summed E-state index contributed by atoms with van der Waals surface area (Å²) in [5, 5.41) is 3.88. The molecule has 0 aliphatic carbocycles. The summed E-state index contributed by atoms with van der Waals surface area (Å²) >= 11 is 0. The van der Waals surface area contributed by atoms with Crippen LogP contribution < -0.4 is 9.47 Å². The predicted molar refractivity (Wildman–Crippen MR) is 132 cm³/mol. The molecule has 1 aliphatic heterocycles. The zero-order chi connectivity index (χ0) is 22.1. The molecule has 1 aromatic heterocycles. The first-order valence-corrected chi connectivity index (χ1v) is 11.7. The molecule has 1 aliphatic rings. The maximum Gasteiger partial charge on any atom is 0.161 e. The van der Waals surface area contributed by atoms with Crippen LogP contribution in [0.25, 0.3) is 32.9 Å². The van der Waals surface area contributed by atoms with Gasteiger partial charge in [0.25, 0.3) is 0 Å². The lowest BCUT2D eigenvalue weighted by Crippen LogP contribution is -2.31. The Morgan fingerprint density at radius 2 is 1.69 bits per heavy atom.